The summed E-state index contributed by atoms with van der Waals surface area (Å²) in [4.78, 5) is 17.1. The van der Waals surface area contributed by atoms with Crippen LogP contribution < -0.4 is 14.4 Å². The van der Waals surface area contributed by atoms with Gasteiger partial charge in [-0.3, -0.25) is 4.79 Å². The molecular weight excluding hydrogens is 340 g/mol. The lowest BCUT2D eigenvalue weighted by molar-refractivity contribution is -0.139. The third kappa shape index (κ3) is 4.54. The molecular formula is C22H28N2O3. The van der Waals surface area contributed by atoms with E-state index in [1.54, 1.807) is 7.11 Å². The second kappa shape index (κ2) is 8.80. The molecule has 0 saturated carbocycles. The number of aryl methyl sites for hydroxylation is 1. The molecule has 2 aromatic carbocycles. The molecule has 2 aromatic rings. The second-order valence-corrected chi connectivity index (χ2v) is 6.82. The number of carbonyl (C=O) groups is 1. The molecule has 0 spiro atoms. The number of amides is 1. The van der Waals surface area contributed by atoms with Crippen LogP contribution in [0.1, 0.15) is 18.9 Å². The predicted octanol–water partition coefficient (Wildman–Crippen LogP) is 3.51. The highest BCUT2D eigenvalue weighted by atomic mass is 16.5. The summed E-state index contributed by atoms with van der Waals surface area (Å²) in [5.41, 5.74) is 2.20. The van der Waals surface area contributed by atoms with E-state index < -0.39 is 6.10 Å². The molecule has 0 aliphatic carbocycles. The third-order valence-corrected chi connectivity index (χ3v) is 4.93. The molecule has 1 fully saturated rings. The SMILES string of the molecule is CC[C@@H](Oc1cccc(C)c1)C(=O)N1CCN(c2ccccc2OC)CC1. The minimum Gasteiger partial charge on any atom is -0.495 e. The average molecular weight is 368 g/mol. The zero-order valence-electron chi connectivity index (χ0n) is 16.4. The normalized spacial score (nSPS) is 15.4. The van der Waals surface area contributed by atoms with Gasteiger partial charge in [-0.1, -0.05) is 31.2 Å². The summed E-state index contributed by atoms with van der Waals surface area (Å²) in [5.74, 6) is 1.69. The van der Waals surface area contributed by atoms with Gasteiger partial charge in [-0.15, -0.1) is 0 Å². The van der Waals surface area contributed by atoms with Crippen molar-refractivity contribution in [3.63, 3.8) is 0 Å². The largest absolute Gasteiger partial charge is 0.495 e. The molecule has 0 N–H and O–H groups in total. The molecule has 1 amide bonds. The minimum absolute atomic E-state index is 0.0682. The summed E-state index contributed by atoms with van der Waals surface area (Å²) in [6.07, 6.45) is 0.212. The molecule has 5 heteroatoms. The van der Waals surface area contributed by atoms with Crippen LogP contribution in [0.5, 0.6) is 11.5 Å². The second-order valence-electron chi connectivity index (χ2n) is 6.82. The highest BCUT2D eigenvalue weighted by Gasteiger charge is 2.28. The van der Waals surface area contributed by atoms with Crippen molar-refractivity contribution in [3.05, 3.63) is 54.1 Å². The third-order valence-electron chi connectivity index (χ3n) is 4.93. The summed E-state index contributed by atoms with van der Waals surface area (Å²) in [7, 11) is 1.69. The number of carbonyl (C=O) groups excluding carboxylic acids is 1. The lowest BCUT2D eigenvalue weighted by atomic mass is 10.2. The standard InChI is InChI=1S/C22H28N2O3/c1-4-20(27-18-9-7-8-17(2)16-18)22(25)24-14-12-23(13-15-24)19-10-5-6-11-21(19)26-3/h5-11,16,20H,4,12-15H2,1-3H3/t20-/m1/s1. The van der Waals surface area contributed by atoms with Crippen LogP contribution in [0.25, 0.3) is 0 Å². The Kier molecular flexibility index (Phi) is 6.22. The average Bonchev–Trinajstić information content (AvgIpc) is 2.71. The lowest BCUT2D eigenvalue weighted by Crippen LogP contribution is -2.52. The van der Waals surface area contributed by atoms with Crippen LogP contribution in [0.15, 0.2) is 48.5 Å². The van der Waals surface area contributed by atoms with E-state index in [4.69, 9.17) is 9.47 Å². The van der Waals surface area contributed by atoms with Crippen molar-refractivity contribution in [3.8, 4) is 11.5 Å². The van der Waals surface area contributed by atoms with Gasteiger partial charge >= 0.3 is 0 Å². The fourth-order valence-electron chi connectivity index (χ4n) is 3.42. The molecule has 27 heavy (non-hydrogen) atoms. The van der Waals surface area contributed by atoms with Crippen LogP contribution in [0.3, 0.4) is 0 Å². The number of anilines is 1. The number of piperazine rings is 1. The maximum atomic E-state index is 12.9. The summed E-state index contributed by atoms with van der Waals surface area (Å²) in [5, 5.41) is 0. The van der Waals surface area contributed by atoms with Crippen molar-refractivity contribution in [2.75, 3.05) is 38.2 Å². The maximum absolute atomic E-state index is 12.9. The van der Waals surface area contributed by atoms with E-state index in [-0.39, 0.29) is 5.91 Å². The van der Waals surface area contributed by atoms with Crippen molar-refractivity contribution in [1.82, 2.24) is 4.90 Å². The highest BCUT2D eigenvalue weighted by Crippen LogP contribution is 2.28. The van der Waals surface area contributed by atoms with Gasteiger partial charge in [-0.25, -0.2) is 0 Å². The van der Waals surface area contributed by atoms with Gasteiger partial charge in [-0.2, -0.15) is 0 Å². The van der Waals surface area contributed by atoms with E-state index in [0.717, 1.165) is 35.8 Å². The molecule has 0 radical (unpaired) electrons. The molecule has 5 nitrogen and oxygen atoms in total. The summed E-state index contributed by atoms with van der Waals surface area (Å²) in [6, 6.07) is 15.9. The number of methoxy groups -OCH3 is 1. The van der Waals surface area contributed by atoms with Crippen molar-refractivity contribution < 1.29 is 14.3 Å². The van der Waals surface area contributed by atoms with Gasteiger partial charge < -0.3 is 19.3 Å². The first-order valence-corrected chi connectivity index (χ1v) is 9.52. The van der Waals surface area contributed by atoms with Crippen LogP contribution in [0.2, 0.25) is 0 Å². The van der Waals surface area contributed by atoms with Gasteiger partial charge in [0.15, 0.2) is 6.10 Å². The van der Waals surface area contributed by atoms with E-state index in [0.29, 0.717) is 19.5 Å². The summed E-state index contributed by atoms with van der Waals surface area (Å²) in [6.45, 7) is 6.95. The topological polar surface area (TPSA) is 42.0 Å². The van der Waals surface area contributed by atoms with Crippen molar-refractivity contribution >= 4 is 11.6 Å². The van der Waals surface area contributed by atoms with Crippen LogP contribution in [-0.2, 0) is 4.79 Å². The summed E-state index contributed by atoms with van der Waals surface area (Å²) >= 11 is 0. The Morgan fingerprint density at radius 2 is 1.81 bits per heavy atom. The smallest absolute Gasteiger partial charge is 0.263 e. The van der Waals surface area contributed by atoms with Crippen LogP contribution in [-0.4, -0.2) is 50.2 Å². The fraction of sp³-hybridized carbons (Fsp3) is 0.409. The van der Waals surface area contributed by atoms with E-state index in [9.17, 15) is 4.79 Å². The Bertz CT molecular complexity index is 770. The minimum atomic E-state index is -0.440. The first-order chi connectivity index (χ1) is 13.1. The van der Waals surface area contributed by atoms with Gasteiger partial charge in [0.2, 0.25) is 0 Å². The Morgan fingerprint density at radius 1 is 1.07 bits per heavy atom. The van der Waals surface area contributed by atoms with E-state index in [1.807, 2.05) is 61.2 Å². The molecule has 0 aromatic heterocycles. The molecule has 1 atom stereocenters. The molecule has 1 aliphatic rings. The van der Waals surface area contributed by atoms with Crippen LogP contribution >= 0.6 is 0 Å². The molecule has 1 aliphatic heterocycles. The Hall–Kier alpha value is -2.69. The maximum Gasteiger partial charge on any atom is 0.263 e. The fourth-order valence-corrected chi connectivity index (χ4v) is 3.42. The number of ether oxygens (including phenoxy) is 2. The molecule has 1 heterocycles. The van der Waals surface area contributed by atoms with Gasteiger partial charge in [0.05, 0.1) is 12.8 Å². The van der Waals surface area contributed by atoms with Crippen LogP contribution in [0, 0.1) is 6.92 Å². The van der Waals surface area contributed by atoms with Crippen molar-refractivity contribution in [1.29, 1.82) is 0 Å². The summed E-state index contributed by atoms with van der Waals surface area (Å²) < 4.78 is 11.4. The van der Waals surface area contributed by atoms with E-state index in [2.05, 4.69) is 11.0 Å². The van der Waals surface area contributed by atoms with Gasteiger partial charge in [0.1, 0.15) is 11.5 Å². The molecule has 0 bridgehead atoms. The van der Waals surface area contributed by atoms with Crippen molar-refractivity contribution in [2.24, 2.45) is 0 Å². The Balaban J connectivity index is 1.61. The number of nitrogens with zero attached hydrogens (tertiary/aromatic N) is 2. The number of hydrogen-bond donors (Lipinski definition) is 0. The number of hydrogen-bond acceptors (Lipinski definition) is 4. The van der Waals surface area contributed by atoms with E-state index >= 15 is 0 Å². The zero-order valence-corrected chi connectivity index (χ0v) is 16.4. The van der Waals surface area contributed by atoms with Gasteiger partial charge in [0, 0.05) is 26.2 Å². The number of benzene rings is 2. The lowest BCUT2D eigenvalue weighted by Gasteiger charge is -2.37. The first kappa shape index (κ1) is 19.1. The first-order valence-electron chi connectivity index (χ1n) is 9.52. The van der Waals surface area contributed by atoms with Crippen LogP contribution in [0.4, 0.5) is 5.69 Å². The number of para-hydroxylation sites is 2. The molecule has 1 saturated heterocycles. The van der Waals surface area contributed by atoms with Gasteiger partial charge in [0.25, 0.3) is 5.91 Å². The highest BCUT2D eigenvalue weighted by molar-refractivity contribution is 5.81. The predicted molar refractivity (Wildman–Crippen MR) is 108 cm³/mol. The van der Waals surface area contributed by atoms with E-state index in [1.165, 1.54) is 0 Å². The number of rotatable bonds is 6. The molecule has 0 unspecified atom stereocenters. The van der Waals surface area contributed by atoms with Crippen molar-refractivity contribution in [2.45, 2.75) is 26.4 Å². The molecule has 144 valence electrons. The van der Waals surface area contributed by atoms with Gasteiger partial charge in [-0.05, 0) is 43.2 Å². The Labute approximate surface area is 161 Å². The Morgan fingerprint density at radius 3 is 2.48 bits per heavy atom. The zero-order chi connectivity index (χ0) is 19.2. The molecule has 3 rings (SSSR count). The quantitative estimate of drug-likeness (QED) is 0.783. The monoisotopic (exact) mass is 368 g/mol.